The fourth-order valence-corrected chi connectivity index (χ4v) is 3.55. The lowest BCUT2D eigenvalue weighted by molar-refractivity contribution is -0.126. The number of fused-ring (bicyclic) bond motifs is 1. The standard InChI is InChI=1S/C21H21N5O2/c1-25-14-24-17-9-12-26(21(28)16-5-3-2-4-6-16)19(18(17)25)20(27)23-13-15-7-10-22-11-8-15/h2-8,10-11,14,19H,9,12-13H2,1H3,(H,23,27). The van der Waals surface area contributed by atoms with Crippen LogP contribution in [0.25, 0.3) is 0 Å². The van der Waals surface area contributed by atoms with Crippen molar-refractivity contribution in [2.45, 2.75) is 19.0 Å². The summed E-state index contributed by atoms with van der Waals surface area (Å²) in [7, 11) is 1.85. The van der Waals surface area contributed by atoms with Gasteiger partial charge in [-0.25, -0.2) is 4.98 Å². The van der Waals surface area contributed by atoms with E-state index in [9.17, 15) is 9.59 Å². The lowest BCUT2D eigenvalue weighted by Crippen LogP contribution is -2.47. The van der Waals surface area contributed by atoms with Crippen molar-refractivity contribution < 1.29 is 9.59 Å². The van der Waals surface area contributed by atoms with E-state index in [-0.39, 0.29) is 11.8 Å². The zero-order chi connectivity index (χ0) is 19.5. The molecule has 1 unspecified atom stereocenters. The largest absolute Gasteiger partial charge is 0.350 e. The molecule has 7 nitrogen and oxygen atoms in total. The van der Waals surface area contributed by atoms with Crippen molar-refractivity contribution in [3.05, 3.63) is 83.7 Å². The zero-order valence-electron chi connectivity index (χ0n) is 15.6. The topological polar surface area (TPSA) is 80.1 Å². The zero-order valence-corrected chi connectivity index (χ0v) is 15.6. The van der Waals surface area contributed by atoms with Crippen LogP contribution < -0.4 is 5.32 Å². The van der Waals surface area contributed by atoms with E-state index >= 15 is 0 Å². The highest BCUT2D eigenvalue weighted by molar-refractivity contribution is 5.98. The van der Waals surface area contributed by atoms with Gasteiger partial charge in [-0.1, -0.05) is 18.2 Å². The van der Waals surface area contributed by atoms with Crippen LogP contribution in [0.2, 0.25) is 0 Å². The number of imidazole rings is 1. The number of benzene rings is 1. The van der Waals surface area contributed by atoms with Crippen molar-refractivity contribution in [3.63, 3.8) is 0 Å². The second-order valence-electron chi connectivity index (χ2n) is 6.78. The molecule has 2 aromatic heterocycles. The van der Waals surface area contributed by atoms with Crippen LogP contribution in [0.15, 0.2) is 61.2 Å². The van der Waals surface area contributed by atoms with Gasteiger partial charge in [0.15, 0.2) is 6.04 Å². The molecule has 3 aromatic rings. The molecule has 28 heavy (non-hydrogen) atoms. The Bertz CT molecular complexity index is 985. The van der Waals surface area contributed by atoms with Crippen LogP contribution in [-0.4, -0.2) is 37.8 Å². The maximum atomic E-state index is 13.2. The summed E-state index contributed by atoms with van der Waals surface area (Å²) in [5.74, 6) is -0.373. The van der Waals surface area contributed by atoms with Crippen LogP contribution >= 0.6 is 0 Å². The maximum absolute atomic E-state index is 13.2. The molecule has 0 fully saturated rings. The highest BCUT2D eigenvalue weighted by atomic mass is 16.2. The smallest absolute Gasteiger partial charge is 0.254 e. The first kappa shape index (κ1) is 17.9. The summed E-state index contributed by atoms with van der Waals surface area (Å²) in [6, 6.07) is 12.0. The van der Waals surface area contributed by atoms with E-state index in [0.29, 0.717) is 25.1 Å². The van der Waals surface area contributed by atoms with Gasteiger partial charge in [-0.05, 0) is 29.8 Å². The fourth-order valence-electron chi connectivity index (χ4n) is 3.55. The van der Waals surface area contributed by atoms with Crippen LogP contribution in [0, 0.1) is 0 Å². The first-order valence-corrected chi connectivity index (χ1v) is 9.18. The molecule has 2 amide bonds. The van der Waals surface area contributed by atoms with Gasteiger partial charge in [0.2, 0.25) is 5.91 Å². The van der Waals surface area contributed by atoms with Gasteiger partial charge in [-0.15, -0.1) is 0 Å². The molecule has 1 aromatic carbocycles. The van der Waals surface area contributed by atoms with Crippen molar-refractivity contribution in [3.8, 4) is 0 Å². The molecule has 1 aliphatic rings. The van der Waals surface area contributed by atoms with Gasteiger partial charge in [-0.3, -0.25) is 14.6 Å². The number of hydrogen-bond donors (Lipinski definition) is 1. The average Bonchev–Trinajstić information content (AvgIpc) is 3.13. The maximum Gasteiger partial charge on any atom is 0.254 e. The second kappa shape index (κ2) is 7.64. The third-order valence-corrected chi connectivity index (χ3v) is 4.97. The van der Waals surface area contributed by atoms with Gasteiger partial charge in [-0.2, -0.15) is 0 Å². The Kier molecular flexibility index (Phi) is 4.89. The Morgan fingerprint density at radius 3 is 2.64 bits per heavy atom. The third kappa shape index (κ3) is 3.38. The molecule has 0 spiro atoms. The lowest BCUT2D eigenvalue weighted by Gasteiger charge is -2.35. The fraction of sp³-hybridized carbons (Fsp3) is 0.238. The van der Waals surface area contributed by atoms with E-state index in [1.165, 1.54) is 0 Å². The van der Waals surface area contributed by atoms with E-state index in [0.717, 1.165) is 17.0 Å². The van der Waals surface area contributed by atoms with Gasteiger partial charge in [0.1, 0.15) is 0 Å². The van der Waals surface area contributed by atoms with Gasteiger partial charge in [0.05, 0.1) is 17.7 Å². The van der Waals surface area contributed by atoms with Crippen molar-refractivity contribution >= 4 is 11.8 Å². The molecular weight excluding hydrogens is 354 g/mol. The SMILES string of the molecule is Cn1cnc2c1C(C(=O)NCc1ccncc1)N(C(=O)c1ccccc1)CC2. The minimum atomic E-state index is -0.717. The highest BCUT2D eigenvalue weighted by Gasteiger charge is 2.38. The minimum absolute atomic E-state index is 0.156. The van der Waals surface area contributed by atoms with Crippen LogP contribution in [-0.2, 0) is 24.8 Å². The predicted molar refractivity (Wildman–Crippen MR) is 103 cm³/mol. The molecule has 0 bridgehead atoms. The van der Waals surface area contributed by atoms with Crippen LogP contribution in [0.1, 0.15) is 33.4 Å². The lowest BCUT2D eigenvalue weighted by atomic mass is 10.00. The van der Waals surface area contributed by atoms with E-state index in [2.05, 4.69) is 15.3 Å². The summed E-state index contributed by atoms with van der Waals surface area (Å²) in [5.41, 5.74) is 3.15. The van der Waals surface area contributed by atoms with Gasteiger partial charge < -0.3 is 14.8 Å². The molecule has 4 rings (SSSR count). The average molecular weight is 375 g/mol. The van der Waals surface area contributed by atoms with E-state index in [1.807, 2.05) is 41.9 Å². The number of carbonyl (C=O) groups is 2. The summed E-state index contributed by atoms with van der Waals surface area (Å²) in [5, 5.41) is 2.96. The Balaban J connectivity index is 1.63. The van der Waals surface area contributed by atoms with Crippen molar-refractivity contribution in [2.75, 3.05) is 6.54 Å². The Morgan fingerprint density at radius 1 is 1.14 bits per heavy atom. The van der Waals surface area contributed by atoms with Crippen LogP contribution in [0.4, 0.5) is 0 Å². The number of nitrogens with zero attached hydrogens (tertiary/aromatic N) is 4. The normalized spacial score (nSPS) is 15.8. The Hall–Kier alpha value is -3.48. The van der Waals surface area contributed by atoms with Gasteiger partial charge in [0.25, 0.3) is 5.91 Å². The highest BCUT2D eigenvalue weighted by Crippen LogP contribution is 2.30. The molecule has 0 radical (unpaired) electrons. The Morgan fingerprint density at radius 2 is 1.89 bits per heavy atom. The molecule has 142 valence electrons. The molecule has 0 aliphatic carbocycles. The first-order valence-electron chi connectivity index (χ1n) is 9.18. The third-order valence-electron chi connectivity index (χ3n) is 4.97. The van der Waals surface area contributed by atoms with Crippen molar-refractivity contribution in [1.82, 2.24) is 24.8 Å². The summed E-state index contributed by atoms with van der Waals surface area (Å²) >= 11 is 0. The van der Waals surface area contributed by atoms with Gasteiger partial charge in [0, 0.05) is 44.5 Å². The quantitative estimate of drug-likeness (QED) is 0.755. The molecule has 1 N–H and O–H groups in total. The predicted octanol–water partition coefficient (Wildman–Crippen LogP) is 1.87. The first-order chi connectivity index (χ1) is 13.6. The van der Waals surface area contributed by atoms with Crippen LogP contribution in [0.5, 0.6) is 0 Å². The summed E-state index contributed by atoms with van der Waals surface area (Å²) in [4.78, 5) is 36.3. The molecule has 7 heteroatoms. The second-order valence-corrected chi connectivity index (χ2v) is 6.78. The molecule has 1 atom stereocenters. The molecule has 0 saturated heterocycles. The molecule has 0 saturated carbocycles. The van der Waals surface area contributed by atoms with Crippen molar-refractivity contribution in [2.24, 2.45) is 7.05 Å². The number of rotatable bonds is 4. The monoisotopic (exact) mass is 375 g/mol. The number of pyridine rings is 1. The molecular formula is C21H21N5O2. The Labute approximate surface area is 163 Å². The number of carbonyl (C=O) groups excluding carboxylic acids is 2. The summed E-state index contributed by atoms with van der Waals surface area (Å²) in [6.07, 6.45) is 5.70. The summed E-state index contributed by atoms with van der Waals surface area (Å²) < 4.78 is 1.83. The van der Waals surface area contributed by atoms with E-state index < -0.39 is 6.04 Å². The van der Waals surface area contributed by atoms with E-state index in [1.54, 1.807) is 35.8 Å². The molecule has 1 aliphatic heterocycles. The number of aryl methyl sites for hydroxylation is 1. The van der Waals surface area contributed by atoms with Crippen LogP contribution in [0.3, 0.4) is 0 Å². The summed E-state index contributed by atoms with van der Waals surface area (Å²) in [6.45, 7) is 0.823. The number of aromatic nitrogens is 3. The molecule has 3 heterocycles. The van der Waals surface area contributed by atoms with E-state index in [4.69, 9.17) is 0 Å². The van der Waals surface area contributed by atoms with Gasteiger partial charge >= 0.3 is 0 Å². The number of nitrogens with one attached hydrogen (secondary N) is 1. The van der Waals surface area contributed by atoms with Crippen molar-refractivity contribution in [1.29, 1.82) is 0 Å². The number of amides is 2. The minimum Gasteiger partial charge on any atom is -0.350 e. The number of hydrogen-bond acceptors (Lipinski definition) is 4.